The van der Waals surface area contributed by atoms with Gasteiger partial charge in [-0.3, -0.25) is 4.98 Å². The molecule has 0 bridgehead atoms. The molecule has 0 saturated carbocycles. The van der Waals surface area contributed by atoms with Crippen LogP contribution < -0.4 is 0 Å². The number of nitrogens with one attached hydrogen (secondary N) is 1. The van der Waals surface area contributed by atoms with Crippen LogP contribution in [-0.2, 0) is 0 Å². The van der Waals surface area contributed by atoms with Gasteiger partial charge in [-0.25, -0.2) is 0 Å². The van der Waals surface area contributed by atoms with E-state index < -0.39 is 0 Å². The highest BCUT2D eigenvalue weighted by Crippen LogP contribution is 2.40. The van der Waals surface area contributed by atoms with Crippen molar-refractivity contribution in [3.8, 4) is 11.3 Å². The van der Waals surface area contributed by atoms with E-state index in [2.05, 4.69) is 64.6 Å². The lowest BCUT2D eigenvalue weighted by molar-refractivity contribution is 1.24. The van der Waals surface area contributed by atoms with Crippen molar-refractivity contribution >= 4 is 22.7 Å². The van der Waals surface area contributed by atoms with Crippen LogP contribution in [0.25, 0.3) is 22.2 Å². The predicted octanol–water partition coefficient (Wildman–Crippen LogP) is 5.38. The summed E-state index contributed by atoms with van der Waals surface area (Å²) < 4.78 is 0. The van der Waals surface area contributed by atoms with E-state index in [1.165, 1.54) is 15.8 Å². The van der Waals surface area contributed by atoms with Gasteiger partial charge < -0.3 is 4.98 Å². The molecule has 0 saturated heterocycles. The summed E-state index contributed by atoms with van der Waals surface area (Å²) in [6.45, 7) is 0. The largest absolute Gasteiger partial charge is 0.354 e. The smallest absolute Gasteiger partial charge is 0.0606 e. The Kier molecular flexibility index (Phi) is 3.41. The second-order valence-electron chi connectivity index (χ2n) is 5.03. The molecule has 0 atom stereocenters. The van der Waals surface area contributed by atoms with E-state index in [4.69, 9.17) is 0 Å². The van der Waals surface area contributed by atoms with Crippen LogP contribution in [0.1, 0.15) is 0 Å². The maximum Gasteiger partial charge on any atom is 0.0606 e. The van der Waals surface area contributed by atoms with E-state index in [1.54, 1.807) is 18.0 Å². The van der Waals surface area contributed by atoms with Gasteiger partial charge >= 0.3 is 0 Å². The van der Waals surface area contributed by atoms with Crippen molar-refractivity contribution < 1.29 is 0 Å². The molecule has 0 unspecified atom stereocenters. The third-order valence-corrected chi connectivity index (χ3v) is 4.68. The van der Waals surface area contributed by atoms with Gasteiger partial charge in [0.25, 0.3) is 0 Å². The molecule has 2 aromatic heterocycles. The van der Waals surface area contributed by atoms with Crippen molar-refractivity contribution in [2.45, 2.75) is 9.79 Å². The van der Waals surface area contributed by atoms with Crippen LogP contribution in [0.2, 0.25) is 0 Å². The monoisotopic (exact) mass is 302 g/mol. The van der Waals surface area contributed by atoms with Crippen molar-refractivity contribution in [2.24, 2.45) is 0 Å². The lowest BCUT2D eigenvalue weighted by Gasteiger charge is -2.05. The van der Waals surface area contributed by atoms with Gasteiger partial charge in [-0.2, -0.15) is 0 Å². The molecule has 4 aromatic rings. The van der Waals surface area contributed by atoms with Gasteiger partial charge in [0, 0.05) is 33.1 Å². The molecule has 2 nitrogen and oxygen atoms in total. The lowest BCUT2D eigenvalue weighted by atomic mass is 10.1. The summed E-state index contributed by atoms with van der Waals surface area (Å²) in [5.74, 6) is 0. The van der Waals surface area contributed by atoms with Gasteiger partial charge in [-0.05, 0) is 23.8 Å². The SMILES string of the molecule is c1ccc(-c2[nH]c3ccccc3c2Sc2cccnc2)cc1. The maximum absolute atomic E-state index is 4.22. The molecule has 22 heavy (non-hydrogen) atoms. The van der Waals surface area contributed by atoms with Gasteiger partial charge in [-0.15, -0.1) is 0 Å². The van der Waals surface area contributed by atoms with Crippen LogP contribution in [0.5, 0.6) is 0 Å². The summed E-state index contributed by atoms with van der Waals surface area (Å²) in [4.78, 5) is 10.2. The minimum atomic E-state index is 1.14. The molecule has 2 heterocycles. The third kappa shape index (κ3) is 2.40. The van der Waals surface area contributed by atoms with Crippen molar-refractivity contribution in [3.63, 3.8) is 0 Å². The Balaban J connectivity index is 1.91. The fourth-order valence-corrected chi connectivity index (χ4v) is 3.61. The van der Waals surface area contributed by atoms with Crippen molar-refractivity contribution in [3.05, 3.63) is 79.1 Å². The molecule has 3 heteroatoms. The normalized spacial score (nSPS) is 10.9. The first-order valence-corrected chi connectivity index (χ1v) is 7.97. The second-order valence-corrected chi connectivity index (χ2v) is 6.12. The summed E-state index contributed by atoms with van der Waals surface area (Å²) in [7, 11) is 0. The van der Waals surface area contributed by atoms with Crippen LogP contribution in [0.4, 0.5) is 0 Å². The third-order valence-electron chi connectivity index (χ3n) is 3.58. The van der Waals surface area contributed by atoms with Crippen molar-refractivity contribution in [1.82, 2.24) is 9.97 Å². The molecule has 0 aliphatic carbocycles. The Bertz CT molecular complexity index is 899. The molecule has 1 N–H and O–H groups in total. The molecule has 4 rings (SSSR count). The molecule has 0 aliphatic rings. The zero-order chi connectivity index (χ0) is 14.8. The van der Waals surface area contributed by atoms with E-state index in [9.17, 15) is 0 Å². The molecular formula is C19H14N2S. The average Bonchev–Trinajstić information content (AvgIpc) is 2.95. The highest BCUT2D eigenvalue weighted by atomic mass is 32.2. The number of para-hydroxylation sites is 1. The van der Waals surface area contributed by atoms with Crippen molar-refractivity contribution in [2.75, 3.05) is 0 Å². The van der Waals surface area contributed by atoms with Crippen LogP contribution in [0.3, 0.4) is 0 Å². The topological polar surface area (TPSA) is 28.7 Å². The highest BCUT2D eigenvalue weighted by molar-refractivity contribution is 7.99. The summed E-state index contributed by atoms with van der Waals surface area (Å²) in [5, 5.41) is 1.25. The van der Waals surface area contributed by atoms with E-state index in [0.29, 0.717) is 0 Å². The summed E-state index contributed by atoms with van der Waals surface area (Å²) in [5.41, 5.74) is 3.52. The van der Waals surface area contributed by atoms with E-state index in [1.807, 2.05) is 18.3 Å². The van der Waals surface area contributed by atoms with Crippen LogP contribution in [0, 0.1) is 0 Å². The Labute approximate surface area is 133 Å². The van der Waals surface area contributed by atoms with E-state index in [0.717, 1.165) is 16.1 Å². The summed E-state index contributed by atoms with van der Waals surface area (Å²) >= 11 is 1.75. The van der Waals surface area contributed by atoms with Crippen LogP contribution in [0.15, 0.2) is 88.9 Å². The molecular weight excluding hydrogens is 288 g/mol. The molecule has 0 fully saturated rings. The van der Waals surface area contributed by atoms with Crippen LogP contribution >= 0.6 is 11.8 Å². The Morgan fingerprint density at radius 3 is 2.45 bits per heavy atom. The quantitative estimate of drug-likeness (QED) is 0.550. The van der Waals surface area contributed by atoms with Gasteiger partial charge in [0.1, 0.15) is 0 Å². The number of hydrogen-bond donors (Lipinski definition) is 1. The standard InChI is InChI=1S/C19H14N2S/c1-2-7-14(8-3-1)18-19(22-15-9-6-12-20-13-15)16-10-4-5-11-17(16)21-18/h1-13,21H. The fourth-order valence-electron chi connectivity index (χ4n) is 2.56. The zero-order valence-electron chi connectivity index (χ0n) is 11.9. The van der Waals surface area contributed by atoms with E-state index >= 15 is 0 Å². The maximum atomic E-state index is 4.22. The second kappa shape index (κ2) is 5.70. The van der Waals surface area contributed by atoms with Crippen LogP contribution in [-0.4, -0.2) is 9.97 Å². The number of fused-ring (bicyclic) bond motifs is 1. The molecule has 0 spiro atoms. The Morgan fingerprint density at radius 2 is 1.64 bits per heavy atom. The fraction of sp³-hybridized carbons (Fsp3) is 0. The molecule has 2 aromatic carbocycles. The predicted molar refractivity (Wildman–Crippen MR) is 92.1 cm³/mol. The number of rotatable bonds is 3. The molecule has 106 valence electrons. The number of aromatic nitrogens is 2. The van der Waals surface area contributed by atoms with E-state index in [-0.39, 0.29) is 0 Å². The number of H-pyrrole nitrogens is 1. The first kappa shape index (κ1) is 13.2. The summed E-state index contributed by atoms with van der Waals surface area (Å²) in [6.07, 6.45) is 3.71. The molecule has 0 amide bonds. The minimum Gasteiger partial charge on any atom is -0.354 e. The molecule has 0 aliphatic heterocycles. The van der Waals surface area contributed by atoms with Crippen molar-refractivity contribution in [1.29, 1.82) is 0 Å². The first-order chi connectivity index (χ1) is 10.9. The average molecular weight is 302 g/mol. The summed E-state index contributed by atoms with van der Waals surface area (Å²) in [6, 6.07) is 22.9. The van der Waals surface area contributed by atoms with Gasteiger partial charge in [-0.1, -0.05) is 60.3 Å². The number of benzene rings is 2. The minimum absolute atomic E-state index is 1.14. The molecule has 0 radical (unpaired) electrons. The first-order valence-electron chi connectivity index (χ1n) is 7.16. The highest BCUT2D eigenvalue weighted by Gasteiger charge is 2.14. The Morgan fingerprint density at radius 1 is 0.818 bits per heavy atom. The number of pyridine rings is 1. The zero-order valence-corrected chi connectivity index (χ0v) is 12.7. The number of nitrogens with zero attached hydrogens (tertiary/aromatic N) is 1. The van der Waals surface area contributed by atoms with Gasteiger partial charge in [0.2, 0.25) is 0 Å². The van der Waals surface area contributed by atoms with Gasteiger partial charge in [0.05, 0.1) is 5.69 Å². The Hall–Kier alpha value is -2.52. The number of hydrogen-bond acceptors (Lipinski definition) is 2. The number of aromatic amines is 1. The lowest BCUT2D eigenvalue weighted by Crippen LogP contribution is -1.80. The van der Waals surface area contributed by atoms with Gasteiger partial charge in [0.15, 0.2) is 0 Å².